The summed E-state index contributed by atoms with van der Waals surface area (Å²) in [5.74, 6) is 0.0257. The predicted octanol–water partition coefficient (Wildman–Crippen LogP) is 5.29. The summed E-state index contributed by atoms with van der Waals surface area (Å²) in [5.41, 5.74) is 4.59. The van der Waals surface area contributed by atoms with Crippen LogP contribution in [0.5, 0.6) is 17.2 Å². The summed E-state index contributed by atoms with van der Waals surface area (Å²) >= 11 is 12.2. The lowest BCUT2D eigenvalue weighted by Crippen LogP contribution is -2.24. The van der Waals surface area contributed by atoms with Crippen molar-refractivity contribution in [3.05, 3.63) is 76.3 Å². The standard InChI is InChI=1S/C23H20Cl2N2O4/c1-2-30-20-12-19(24)22(25)18(23(20)29)13-26-27-21(28)14-31-17-10-8-16(9-11-17)15-6-4-3-5-7-15/h3-13,29H,2,14H2,1H3,(H,27,28). The smallest absolute Gasteiger partial charge is 0.277 e. The second kappa shape index (κ2) is 10.7. The molecule has 8 heteroatoms. The highest BCUT2D eigenvalue weighted by Gasteiger charge is 2.15. The van der Waals surface area contributed by atoms with Crippen molar-refractivity contribution < 1.29 is 19.4 Å². The quantitative estimate of drug-likeness (QED) is 0.354. The summed E-state index contributed by atoms with van der Waals surface area (Å²) in [5, 5.41) is 14.3. The first-order chi connectivity index (χ1) is 15.0. The number of nitrogens with zero attached hydrogens (tertiary/aromatic N) is 1. The summed E-state index contributed by atoms with van der Waals surface area (Å²) < 4.78 is 10.8. The van der Waals surface area contributed by atoms with Crippen molar-refractivity contribution in [1.82, 2.24) is 5.43 Å². The zero-order chi connectivity index (χ0) is 22.2. The lowest BCUT2D eigenvalue weighted by molar-refractivity contribution is -0.123. The first kappa shape index (κ1) is 22.5. The molecule has 160 valence electrons. The molecule has 0 saturated carbocycles. The monoisotopic (exact) mass is 458 g/mol. The molecule has 0 radical (unpaired) electrons. The molecule has 31 heavy (non-hydrogen) atoms. The van der Waals surface area contributed by atoms with Crippen LogP contribution >= 0.6 is 23.2 Å². The molecule has 0 fully saturated rings. The molecular formula is C23H20Cl2N2O4. The van der Waals surface area contributed by atoms with Crippen molar-refractivity contribution in [2.45, 2.75) is 6.92 Å². The van der Waals surface area contributed by atoms with Crippen LogP contribution in [-0.2, 0) is 4.79 Å². The molecule has 0 aliphatic rings. The van der Waals surface area contributed by atoms with Crippen LogP contribution in [0.3, 0.4) is 0 Å². The number of phenols is 1. The summed E-state index contributed by atoms with van der Waals surface area (Å²) in [6, 6.07) is 18.8. The van der Waals surface area contributed by atoms with Gasteiger partial charge in [-0.1, -0.05) is 65.7 Å². The Kier molecular flexibility index (Phi) is 7.76. The fourth-order valence-electron chi connectivity index (χ4n) is 2.72. The Morgan fingerprint density at radius 3 is 2.42 bits per heavy atom. The Balaban J connectivity index is 1.57. The van der Waals surface area contributed by atoms with Crippen molar-refractivity contribution in [3.63, 3.8) is 0 Å². The highest BCUT2D eigenvalue weighted by Crippen LogP contribution is 2.39. The molecule has 0 aliphatic carbocycles. The van der Waals surface area contributed by atoms with Crippen molar-refractivity contribution in [1.29, 1.82) is 0 Å². The summed E-state index contributed by atoms with van der Waals surface area (Å²) in [6.45, 7) is 1.87. The second-order valence-corrected chi connectivity index (χ2v) is 7.12. The van der Waals surface area contributed by atoms with Gasteiger partial charge in [0.05, 0.1) is 28.4 Å². The van der Waals surface area contributed by atoms with Crippen LogP contribution < -0.4 is 14.9 Å². The molecule has 2 N–H and O–H groups in total. The number of halogens is 2. The van der Waals surface area contributed by atoms with E-state index in [-0.39, 0.29) is 33.7 Å². The van der Waals surface area contributed by atoms with E-state index in [2.05, 4.69) is 10.5 Å². The van der Waals surface area contributed by atoms with Gasteiger partial charge < -0.3 is 14.6 Å². The van der Waals surface area contributed by atoms with Crippen molar-refractivity contribution in [2.75, 3.05) is 13.2 Å². The van der Waals surface area contributed by atoms with Gasteiger partial charge in [0.15, 0.2) is 18.1 Å². The van der Waals surface area contributed by atoms with Crippen molar-refractivity contribution in [2.24, 2.45) is 5.10 Å². The normalized spacial score (nSPS) is 10.8. The number of rotatable bonds is 8. The molecule has 3 aromatic carbocycles. The van der Waals surface area contributed by atoms with Crippen LogP contribution in [0, 0.1) is 0 Å². The van der Waals surface area contributed by atoms with E-state index >= 15 is 0 Å². The van der Waals surface area contributed by atoms with Gasteiger partial charge in [-0.15, -0.1) is 0 Å². The molecule has 0 heterocycles. The van der Waals surface area contributed by atoms with Gasteiger partial charge in [0, 0.05) is 6.07 Å². The molecule has 3 aromatic rings. The van der Waals surface area contributed by atoms with Crippen LogP contribution in [0.2, 0.25) is 10.0 Å². The first-order valence-corrected chi connectivity index (χ1v) is 10.2. The van der Waals surface area contributed by atoms with Gasteiger partial charge in [-0.2, -0.15) is 5.10 Å². The minimum Gasteiger partial charge on any atom is -0.504 e. The average molecular weight is 459 g/mol. The Morgan fingerprint density at radius 1 is 1.06 bits per heavy atom. The van der Waals surface area contributed by atoms with Crippen molar-refractivity contribution in [3.8, 4) is 28.4 Å². The number of ether oxygens (including phenoxy) is 2. The van der Waals surface area contributed by atoms with Crippen LogP contribution in [0.25, 0.3) is 11.1 Å². The van der Waals surface area contributed by atoms with E-state index in [4.69, 9.17) is 32.7 Å². The lowest BCUT2D eigenvalue weighted by atomic mass is 10.1. The van der Waals surface area contributed by atoms with Crippen LogP contribution in [-0.4, -0.2) is 30.4 Å². The van der Waals surface area contributed by atoms with Gasteiger partial charge in [-0.3, -0.25) is 4.79 Å². The van der Waals surface area contributed by atoms with E-state index in [0.29, 0.717) is 12.4 Å². The summed E-state index contributed by atoms with van der Waals surface area (Å²) in [4.78, 5) is 12.0. The number of carbonyl (C=O) groups excluding carboxylic acids is 1. The number of aromatic hydroxyl groups is 1. The Bertz CT molecular complexity index is 1070. The first-order valence-electron chi connectivity index (χ1n) is 9.43. The van der Waals surface area contributed by atoms with E-state index in [1.165, 1.54) is 12.3 Å². The fourth-order valence-corrected chi connectivity index (χ4v) is 3.11. The maximum atomic E-state index is 12.0. The second-order valence-electron chi connectivity index (χ2n) is 6.34. The Labute approximate surface area is 190 Å². The summed E-state index contributed by atoms with van der Waals surface area (Å²) in [7, 11) is 0. The van der Waals surface area contributed by atoms with Gasteiger partial charge in [-0.25, -0.2) is 5.43 Å². The third-order valence-electron chi connectivity index (χ3n) is 4.21. The molecule has 0 atom stereocenters. The number of phenolic OH excluding ortho intramolecular Hbond substituents is 1. The predicted molar refractivity (Wildman–Crippen MR) is 122 cm³/mol. The van der Waals surface area contributed by atoms with Gasteiger partial charge in [0.2, 0.25) is 0 Å². The molecule has 0 bridgehead atoms. The molecule has 0 spiro atoms. The van der Waals surface area contributed by atoms with E-state index in [0.717, 1.165) is 11.1 Å². The number of benzene rings is 3. The third-order valence-corrected chi connectivity index (χ3v) is 5.01. The number of carbonyl (C=O) groups is 1. The van der Waals surface area contributed by atoms with E-state index < -0.39 is 5.91 Å². The fraction of sp³-hybridized carbons (Fsp3) is 0.130. The maximum absolute atomic E-state index is 12.0. The van der Waals surface area contributed by atoms with Gasteiger partial charge in [0.25, 0.3) is 5.91 Å². The van der Waals surface area contributed by atoms with Crippen LogP contribution in [0.4, 0.5) is 0 Å². The van der Waals surface area contributed by atoms with E-state index in [1.807, 2.05) is 42.5 Å². The van der Waals surface area contributed by atoms with Crippen LogP contribution in [0.15, 0.2) is 65.8 Å². The molecule has 3 rings (SSSR count). The molecule has 0 saturated heterocycles. The van der Waals surface area contributed by atoms with Crippen LogP contribution in [0.1, 0.15) is 12.5 Å². The molecular weight excluding hydrogens is 439 g/mol. The minimum absolute atomic E-state index is 0.0929. The lowest BCUT2D eigenvalue weighted by Gasteiger charge is -2.11. The highest BCUT2D eigenvalue weighted by molar-refractivity contribution is 6.43. The van der Waals surface area contributed by atoms with E-state index in [1.54, 1.807) is 19.1 Å². The number of hydrogen-bond donors (Lipinski definition) is 2. The number of hydrogen-bond acceptors (Lipinski definition) is 5. The maximum Gasteiger partial charge on any atom is 0.277 e. The molecule has 0 unspecified atom stereocenters. The minimum atomic E-state index is -0.481. The van der Waals surface area contributed by atoms with Gasteiger partial charge >= 0.3 is 0 Å². The Morgan fingerprint density at radius 2 is 1.74 bits per heavy atom. The SMILES string of the molecule is CCOc1cc(Cl)c(Cl)c(C=NNC(=O)COc2ccc(-c3ccccc3)cc2)c1O. The largest absolute Gasteiger partial charge is 0.504 e. The third kappa shape index (κ3) is 5.90. The number of nitrogens with one attached hydrogen (secondary N) is 1. The summed E-state index contributed by atoms with van der Waals surface area (Å²) in [6.07, 6.45) is 1.19. The van der Waals surface area contributed by atoms with Gasteiger partial charge in [0.1, 0.15) is 5.75 Å². The Hall–Kier alpha value is -3.22. The molecule has 0 aliphatic heterocycles. The van der Waals surface area contributed by atoms with E-state index in [9.17, 15) is 9.90 Å². The van der Waals surface area contributed by atoms with Gasteiger partial charge in [-0.05, 0) is 30.2 Å². The molecule has 0 aromatic heterocycles. The number of amides is 1. The average Bonchev–Trinajstić information content (AvgIpc) is 2.79. The number of hydrazone groups is 1. The zero-order valence-corrected chi connectivity index (χ0v) is 18.2. The molecule has 6 nitrogen and oxygen atoms in total. The molecule has 1 amide bonds. The highest BCUT2D eigenvalue weighted by atomic mass is 35.5. The topological polar surface area (TPSA) is 80.2 Å². The zero-order valence-electron chi connectivity index (χ0n) is 16.6. The van der Waals surface area contributed by atoms with Crippen molar-refractivity contribution >= 4 is 35.3 Å².